The molecule has 4 heteroatoms. The van der Waals surface area contributed by atoms with E-state index in [-0.39, 0.29) is 6.42 Å². The molecule has 0 radical (unpaired) electrons. The minimum absolute atomic E-state index is 0.263. The lowest BCUT2D eigenvalue weighted by molar-refractivity contribution is -0.138. The summed E-state index contributed by atoms with van der Waals surface area (Å²) in [4.78, 5) is 10.5. The van der Waals surface area contributed by atoms with Crippen molar-refractivity contribution in [3.8, 4) is 0 Å². The lowest BCUT2D eigenvalue weighted by Crippen LogP contribution is -2.14. The maximum atomic E-state index is 10.5. The van der Waals surface area contributed by atoms with Crippen LogP contribution >= 0.6 is 0 Å². The molecule has 0 aromatic heterocycles. The highest BCUT2D eigenvalue weighted by Crippen LogP contribution is 2.35. The highest BCUT2D eigenvalue weighted by Gasteiger charge is 2.27. The number of methoxy groups -OCH3 is 1. The van der Waals surface area contributed by atoms with Crippen LogP contribution in [0, 0.1) is 11.8 Å². The first-order valence-electron chi connectivity index (χ1n) is 5.04. The number of hydrogen-bond donors (Lipinski definition) is 2. The van der Waals surface area contributed by atoms with Crippen molar-refractivity contribution in [1.29, 1.82) is 0 Å². The highest BCUT2D eigenvalue weighted by molar-refractivity contribution is 5.67. The standard InChI is InChI=1S/C10H18O4/c1-14-10(13)6-8-3-2-7(4-8)5-9(11)12/h7-8,10,13H,2-6H2,1H3,(H,11,12). The van der Waals surface area contributed by atoms with Gasteiger partial charge in [0, 0.05) is 20.0 Å². The predicted octanol–water partition coefficient (Wildman–Crippen LogP) is 1.23. The quantitative estimate of drug-likeness (QED) is 0.658. The van der Waals surface area contributed by atoms with Crippen molar-refractivity contribution >= 4 is 5.97 Å². The van der Waals surface area contributed by atoms with Crippen molar-refractivity contribution in [3.05, 3.63) is 0 Å². The molecule has 0 heterocycles. The van der Waals surface area contributed by atoms with Crippen LogP contribution in [0.5, 0.6) is 0 Å². The Morgan fingerprint density at radius 2 is 2.14 bits per heavy atom. The van der Waals surface area contributed by atoms with Gasteiger partial charge in [0.15, 0.2) is 6.29 Å². The van der Waals surface area contributed by atoms with Gasteiger partial charge in [-0.2, -0.15) is 0 Å². The summed E-state index contributed by atoms with van der Waals surface area (Å²) in [6, 6.07) is 0. The summed E-state index contributed by atoms with van der Waals surface area (Å²) >= 11 is 0. The Labute approximate surface area is 83.9 Å². The van der Waals surface area contributed by atoms with E-state index >= 15 is 0 Å². The molecule has 0 aromatic rings. The molecule has 82 valence electrons. The fraction of sp³-hybridized carbons (Fsp3) is 0.900. The van der Waals surface area contributed by atoms with Gasteiger partial charge in [0.05, 0.1) is 0 Å². The number of aliphatic hydroxyl groups excluding tert-OH is 1. The second-order valence-electron chi connectivity index (χ2n) is 4.07. The summed E-state index contributed by atoms with van der Waals surface area (Å²) in [5.41, 5.74) is 0. The zero-order chi connectivity index (χ0) is 10.6. The molecule has 3 atom stereocenters. The third-order valence-electron chi connectivity index (χ3n) is 2.92. The smallest absolute Gasteiger partial charge is 0.303 e. The van der Waals surface area contributed by atoms with Crippen LogP contribution in [0.4, 0.5) is 0 Å². The van der Waals surface area contributed by atoms with Gasteiger partial charge >= 0.3 is 5.97 Å². The van der Waals surface area contributed by atoms with Gasteiger partial charge in [-0.25, -0.2) is 0 Å². The topological polar surface area (TPSA) is 66.8 Å². The second kappa shape index (κ2) is 5.32. The first kappa shape index (κ1) is 11.5. The van der Waals surface area contributed by atoms with E-state index < -0.39 is 12.3 Å². The van der Waals surface area contributed by atoms with E-state index in [9.17, 15) is 9.90 Å². The molecule has 4 nitrogen and oxygen atoms in total. The average Bonchev–Trinajstić information content (AvgIpc) is 2.51. The van der Waals surface area contributed by atoms with Crippen molar-refractivity contribution in [1.82, 2.24) is 0 Å². The maximum absolute atomic E-state index is 10.5. The van der Waals surface area contributed by atoms with Crippen molar-refractivity contribution in [2.24, 2.45) is 11.8 Å². The van der Waals surface area contributed by atoms with Crippen molar-refractivity contribution in [2.45, 2.75) is 38.4 Å². The number of rotatable bonds is 5. The summed E-state index contributed by atoms with van der Waals surface area (Å²) in [5, 5.41) is 17.9. The van der Waals surface area contributed by atoms with Gasteiger partial charge in [0.1, 0.15) is 0 Å². The number of carboxylic acids is 1. The van der Waals surface area contributed by atoms with Gasteiger partial charge in [0.25, 0.3) is 0 Å². The summed E-state index contributed by atoms with van der Waals surface area (Å²) in [7, 11) is 1.48. The number of carboxylic acid groups (broad SMARTS) is 1. The van der Waals surface area contributed by atoms with Crippen LogP contribution in [0.2, 0.25) is 0 Å². The Kier molecular flexibility index (Phi) is 4.35. The van der Waals surface area contributed by atoms with Gasteiger partial charge in [0.2, 0.25) is 0 Å². The summed E-state index contributed by atoms with van der Waals surface area (Å²) in [6.45, 7) is 0. The fourth-order valence-electron chi connectivity index (χ4n) is 2.21. The fourth-order valence-corrected chi connectivity index (χ4v) is 2.21. The summed E-state index contributed by atoms with van der Waals surface area (Å²) < 4.78 is 4.77. The lowest BCUT2D eigenvalue weighted by Gasteiger charge is -2.13. The van der Waals surface area contributed by atoms with Crippen LogP contribution in [0.15, 0.2) is 0 Å². The molecular weight excluding hydrogens is 184 g/mol. The molecule has 3 unspecified atom stereocenters. The Hall–Kier alpha value is -0.610. The number of carbonyl (C=O) groups is 1. The van der Waals surface area contributed by atoms with Crippen molar-refractivity contribution < 1.29 is 19.7 Å². The molecule has 1 fully saturated rings. The van der Waals surface area contributed by atoms with Crippen LogP contribution in [0.25, 0.3) is 0 Å². The number of aliphatic hydroxyl groups is 1. The second-order valence-corrected chi connectivity index (χ2v) is 4.07. The lowest BCUT2D eigenvalue weighted by atomic mass is 9.99. The molecule has 0 bridgehead atoms. The Morgan fingerprint density at radius 1 is 1.50 bits per heavy atom. The van der Waals surface area contributed by atoms with Crippen molar-refractivity contribution in [3.63, 3.8) is 0 Å². The van der Waals surface area contributed by atoms with Crippen LogP contribution in [0.3, 0.4) is 0 Å². The normalized spacial score (nSPS) is 29.0. The van der Waals surface area contributed by atoms with E-state index in [4.69, 9.17) is 9.84 Å². The minimum atomic E-state index is -0.720. The Balaban J connectivity index is 2.23. The number of aliphatic carboxylic acids is 1. The third-order valence-corrected chi connectivity index (χ3v) is 2.92. The van der Waals surface area contributed by atoms with E-state index in [1.165, 1.54) is 7.11 Å². The summed E-state index contributed by atoms with van der Waals surface area (Å²) in [5.74, 6) is -0.00111. The van der Waals surface area contributed by atoms with Crippen LogP contribution in [-0.4, -0.2) is 29.6 Å². The SMILES string of the molecule is COC(O)CC1CCC(CC(=O)O)C1. The van der Waals surface area contributed by atoms with Crippen LogP contribution < -0.4 is 0 Å². The predicted molar refractivity (Wildman–Crippen MR) is 50.7 cm³/mol. The first-order valence-corrected chi connectivity index (χ1v) is 5.04. The molecule has 0 saturated heterocycles. The molecular formula is C10H18O4. The van der Waals surface area contributed by atoms with E-state index in [0.717, 1.165) is 19.3 Å². The number of hydrogen-bond acceptors (Lipinski definition) is 3. The largest absolute Gasteiger partial charge is 0.481 e. The highest BCUT2D eigenvalue weighted by atomic mass is 16.6. The summed E-state index contributed by atoms with van der Waals surface area (Å²) in [6.07, 6.45) is 3.09. The molecule has 1 aliphatic carbocycles. The molecule has 2 N–H and O–H groups in total. The van der Waals surface area contributed by atoms with Gasteiger partial charge in [-0.1, -0.05) is 0 Å². The molecule has 1 saturated carbocycles. The van der Waals surface area contributed by atoms with Gasteiger partial charge in [-0.15, -0.1) is 0 Å². The molecule has 1 aliphatic rings. The van der Waals surface area contributed by atoms with Gasteiger partial charge < -0.3 is 14.9 Å². The Morgan fingerprint density at radius 3 is 2.71 bits per heavy atom. The third kappa shape index (κ3) is 3.64. The van der Waals surface area contributed by atoms with E-state index in [1.807, 2.05) is 0 Å². The van der Waals surface area contributed by atoms with Crippen LogP contribution in [-0.2, 0) is 9.53 Å². The molecule has 0 aliphatic heterocycles. The molecule has 1 rings (SSSR count). The van der Waals surface area contributed by atoms with E-state index in [2.05, 4.69) is 0 Å². The van der Waals surface area contributed by atoms with Gasteiger partial charge in [-0.3, -0.25) is 4.79 Å². The minimum Gasteiger partial charge on any atom is -0.481 e. The first-order chi connectivity index (χ1) is 6.61. The zero-order valence-corrected chi connectivity index (χ0v) is 8.48. The van der Waals surface area contributed by atoms with Gasteiger partial charge in [-0.05, 0) is 31.1 Å². The number of ether oxygens (including phenoxy) is 1. The molecule has 0 amide bonds. The zero-order valence-electron chi connectivity index (χ0n) is 8.48. The molecule has 0 spiro atoms. The van der Waals surface area contributed by atoms with Crippen molar-refractivity contribution in [2.75, 3.05) is 7.11 Å². The maximum Gasteiger partial charge on any atom is 0.303 e. The van der Waals surface area contributed by atoms with Crippen LogP contribution in [0.1, 0.15) is 32.1 Å². The average molecular weight is 202 g/mol. The van der Waals surface area contributed by atoms with E-state index in [1.54, 1.807) is 0 Å². The van der Waals surface area contributed by atoms with E-state index in [0.29, 0.717) is 18.3 Å². The Bertz CT molecular complexity index is 193. The molecule has 0 aromatic carbocycles. The monoisotopic (exact) mass is 202 g/mol. The molecule has 14 heavy (non-hydrogen) atoms.